The van der Waals surface area contributed by atoms with E-state index in [1.165, 1.54) is 0 Å². The van der Waals surface area contributed by atoms with Gasteiger partial charge in [0.15, 0.2) is 0 Å². The molecule has 3 heteroatoms. The number of hydrogen-bond acceptors (Lipinski definition) is 2. The van der Waals surface area contributed by atoms with Crippen LogP contribution < -0.4 is 5.32 Å². The fourth-order valence-corrected chi connectivity index (χ4v) is 2.15. The Morgan fingerprint density at radius 3 is 2.53 bits per heavy atom. The first-order valence-corrected chi connectivity index (χ1v) is 6.06. The van der Waals surface area contributed by atoms with Gasteiger partial charge in [-0.25, -0.2) is 0 Å². The number of amides is 1. The Kier molecular flexibility index (Phi) is 4.58. The van der Waals surface area contributed by atoms with E-state index in [1.807, 2.05) is 11.9 Å². The lowest BCUT2D eigenvalue weighted by Crippen LogP contribution is -2.46. The molecular weight excluding hydrogens is 188 g/mol. The lowest BCUT2D eigenvalue weighted by atomic mass is 9.79. The average Bonchev–Trinajstić information content (AvgIpc) is 2.26. The largest absolute Gasteiger partial charge is 0.345 e. The Labute approximate surface area is 93.2 Å². The van der Waals surface area contributed by atoms with Gasteiger partial charge in [0.1, 0.15) is 0 Å². The smallest absolute Gasteiger partial charge is 0.228 e. The normalized spacial score (nSPS) is 19.9. The number of rotatable bonds is 4. The molecule has 1 aliphatic heterocycles. The number of nitrogens with one attached hydrogen (secondary N) is 1. The van der Waals surface area contributed by atoms with Gasteiger partial charge in [0.05, 0.1) is 0 Å². The highest BCUT2D eigenvalue weighted by molar-refractivity contribution is 5.82. The molecule has 1 aliphatic rings. The van der Waals surface area contributed by atoms with Crippen LogP contribution in [0.3, 0.4) is 0 Å². The molecule has 15 heavy (non-hydrogen) atoms. The van der Waals surface area contributed by atoms with Crippen LogP contribution in [0.2, 0.25) is 0 Å². The van der Waals surface area contributed by atoms with Crippen molar-refractivity contribution in [1.82, 2.24) is 10.2 Å². The third-order valence-corrected chi connectivity index (χ3v) is 3.42. The molecule has 0 atom stereocenters. The second-order valence-corrected chi connectivity index (χ2v) is 4.89. The standard InChI is InChI=1S/C12H24N2O/c1-4-5-10-14(3)11(15)12(2)6-8-13-9-7-12/h13H,4-10H2,1-3H3. The molecule has 88 valence electrons. The van der Waals surface area contributed by atoms with Gasteiger partial charge in [-0.2, -0.15) is 0 Å². The predicted molar refractivity (Wildman–Crippen MR) is 62.8 cm³/mol. The summed E-state index contributed by atoms with van der Waals surface area (Å²) in [6, 6.07) is 0. The number of nitrogens with zero attached hydrogens (tertiary/aromatic N) is 1. The monoisotopic (exact) mass is 212 g/mol. The van der Waals surface area contributed by atoms with Crippen LogP contribution in [0, 0.1) is 5.41 Å². The van der Waals surface area contributed by atoms with E-state index in [1.54, 1.807) is 0 Å². The van der Waals surface area contributed by atoms with E-state index in [4.69, 9.17) is 0 Å². The number of carbonyl (C=O) groups excluding carboxylic acids is 1. The summed E-state index contributed by atoms with van der Waals surface area (Å²) < 4.78 is 0. The minimum Gasteiger partial charge on any atom is -0.345 e. The molecule has 3 nitrogen and oxygen atoms in total. The number of carbonyl (C=O) groups is 1. The maximum Gasteiger partial charge on any atom is 0.228 e. The minimum atomic E-state index is -0.117. The van der Waals surface area contributed by atoms with Crippen molar-refractivity contribution >= 4 is 5.91 Å². The Bertz CT molecular complexity index is 210. The number of hydrogen-bond donors (Lipinski definition) is 1. The van der Waals surface area contributed by atoms with Gasteiger partial charge in [0.2, 0.25) is 5.91 Å². The van der Waals surface area contributed by atoms with Crippen LogP contribution in [0.1, 0.15) is 39.5 Å². The lowest BCUT2D eigenvalue weighted by Gasteiger charge is -2.36. The summed E-state index contributed by atoms with van der Waals surface area (Å²) in [5.74, 6) is 0.331. The van der Waals surface area contributed by atoms with Gasteiger partial charge in [-0.1, -0.05) is 20.3 Å². The van der Waals surface area contributed by atoms with Gasteiger partial charge in [-0.05, 0) is 32.4 Å². The minimum absolute atomic E-state index is 0.117. The van der Waals surface area contributed by atoms with Crippen LogP contribution in [-0.2, 0) is 4.79 Å². The zero-order chi connectivity index (χ0) is 11.3. The Hall–Kier alpha value is -0.570. The Balaban J connectivity index is 2.49. The SMILES string of the molecule is CCCCN(C)C(=O)C1(C)CCNCC1. The first-order valence-electron chi connectivity index (χ1n) is 6.06. The molecule has 0 aromatic rings. The first kappa shape index (κ1) is 12.5. The maximum absolute atomic E-state index is 12.2. The molecule has 1 amide bonds. The highest BCUT2D eigenvalue weighted by Gasteiger charge is 2.36. The van der Waals surface area contributed by atoms with Crippen LogP contribution in [0.25, 0.3) is 0 Å². The van der Waals surface area contributed by atoms with Crippen LogP contribution in [-0.4, -0.2) is 37.5 Å². The average molecular weight is 212 g/mol. The molecular formula is C12H24N2O. The van der Waals surface area contributed by atoms with Gasteiger partial charge in [-0.3, -0.25) is 4.79 Å². The number of piperidine rings is 1. The molecule has 1 saturated heterocycles. The van der Waals surface area contributed by atoms with Gasteiger partial charge >= 0.3 is 0 Å². The molecule has 0 aromatic heterocycles. The lowest BCUT2D eigenvalue weighted by molar-refractivity contribution is -0.141. The fourth-order valence-electron chi connectivity index (χ4n) is 2.15. The molecule has 1 rings (SSSR count). The third-order valence-electron chi connectivity index (χ3n) is 3.42. The Morgan fingerprint density at radius 1 is 1.40 bits per heavy atom. The predicted octanol–water partition coefficient (Wildman–Crippen LogP) is 1.63. The topological polar surface area (TPSA) is 32.3 Å². The van der Waals surface area contributed by atoms with E-state index in [0.717, 1.165) is 45.3 Å². The van der Waals surface area contributed by atoms with Gasteiger partial charge in [0, 0.05) is 19.0 Å². The van der Waals surface area contributed by atoms with E-state index in [2.05, 4.69) is 19.2 Å². The Morgan fingerprint density at radius 2 is 2.00 bits per heavy atom. The summed E-state index contributed by atoms with van der Waals surface area (Å²) in [7, 11) is 1.94. The van der Waals surface area contributed by atoms with Crippen LogP contribution in [0.5, 0.6) is 0 Å². The van der Waals surface area contributed by atoms with E-state index >= 15 is 0 Å². The summed E-state index contributed by atoms with van der Waals surface area (Å²) in [6.07, 6.45) is 4.21. The molecule has 0 saturated carbocycles. The van der Waals surface area contributed by atoms with Crippen molar-refractivity contribution in [2.45, 2.75) is 39.5 Å². The van der Waals surface area contributed by atoms with E-state index < -0.39 is 0 Å². The van der Waals surface area contributed by atoms with Crippen molar-refractivity contribution in [1.29, 1.82) is 0 Å². The summed E-state index contributed by atoms with van der Waals surface area (Å²) in [5, 5.41) is 3.31. The van der Waals surface area contributed by atoms with Crippen molar-refractivity contribution in [2.24, 2.45) is 5.41 Å². The zero-order valence-corrected chi connectivity index (χ0v) is 10.3. The molecule has 1 fully saturated rings. The molecule has 0 spiro atoms. The fraction of sp³-hybridized carbons (Fsp3) is 0.917. The number of unbranched alkanes of at least 4 members (excludes halogenated alkanes) is 1. The zero-order valence-electron chi connectivity index (χ0n) is 10.3. The summed E-state index contributed by atoms with van der Waals surface area (Å²) >= 11 is 0. The second kappa shape index (κ2) is 5.50. The van der Waals surface area contributed by atoms with Crippen molar-refractivity contribution in [3.8, 4) is 0 Å². The van der Waals surface area contributed by atoms with Crippen molar-refractivity contribution < 1.29 is 4.79 Å². The molecule has 0 bridgehead atoms. The molecule has 0 aliphatic carbocycles. The highest BCUT2D eigenvalue weighted by Crippen LogP contribution is 2.29. The summed E-state index contributed by atoms with van der Waals surface area (Å²) in [4.78, 5) is 14.1. The first-order chi connectivity index (χ1) is 7.10. The molecule has 1 heterocycles. The van der Waals surface area contributed by atoms with Gasteiger partial charge < -0.3 is 10.2 Å². The van der Waals surface area contributed by atoms with Crippen molar-refractivity contribution in [2.75, 3.05) is 26.7 Å². The van der Waals surface area contributed by atoms with Crippen LogP contribution in [0.15, 0.2) is 0 Å². The van der Waals surface area contributed by atoms with Crippen LogP contribution >= 0.6 is 0 Å². The van der Waals surface area contributed by atoms with E-state index in [0.29, 0.717) is 5.91 Å². The van der Waals surface area contributed by atoms with Crippen molar-refractivity contribution in [3.05, 3.63) is 0 Å². The molecule has 0 aromatic carbocycles. The third kappa shape index (κ3) is 3.20. The second-order valence-electron chi connectivity index (χ2n) is 4.89. The molecule has 0 radical (unpaired) electrons. The van der Waals surface area contributed by atoms with E-state index in [9.17, 15) is 4.79 Å². The van der Waals surface area contributed by atoms with Gasteiger partial charge in [0.25, 0.3) is 0 Å². The quantitative estimate of drug-likeness (QED) is 0.768. The van der Waals surface area contributed by atoms with Gasteiger partial charge in [-0.15, -0.1) is 0 Å². The molecule has 1 N–H and O–H groups in total. The highest BCUT2D eigenvalue weighted by atomic mass is 16.2. The maximum atomic E-state index is 12.2. The van der Waals surface area contributed by atoms with Crippen LogP contribution in [0.4, 0.5) is 0 Å². The van der Waals surface area contributed by atoms with Crippen molar-refractivity contribution in [3.63, 3.8) is 0 Å². The van der Waals surface area contributed by atoms with E-state index in [-0.39, 0.29) is 5.41 Å². The summed E-state index contributed by atoms with van der Waals surface area (Å²) in [5.41, 5.74) is -0.117. The summed E-state index contributed by atoms with van der Waals surface area (Å²) in [6.45, 7) is 7.12. The molecule has 0 unspecified atom stereocenters.